The van der Waals surface area contributed by atoms with Gasteiger partial charge >= 0.3 is 0 Å². The van der Waals surface area contributed by atoms with Crippen LogP contribution in [0.1, 0.15) is 30.4 Å². The molecule has 0 saturated carbocycles. The van der Waals surface area contributed by atoms with Crippen molar-refractivity contribution in [2.45, 2.75) is 43.6 Å². The van der Waals surface area contributed by atoms with Gasteiger partial charge in [-0.3, -0.25) is 0 Å². The fourth-order valence-corrected chi connectivity index (χ4v) is 5.51. The van der Waals surface area contributed by atoms with Crippen molar-refractivity contribution in [2.24, 2.45) is 5.41 Å². The van der Waals surface area contributed by atoms with E-state index in [0.29, 0.717) is 37.2 Å². The van der Waals surface area contributed by atoms with E-state index < -0.39 is 16.1 Å². The lowest BCUT2D eigenvalue weighted by molar-refractivity contribution is -0.00900. The van der Waals surface area contributed by atoms with Gasteiger partial charge in [0.15, 0.2) is 0 Å². The number of aryl methyl sites for hydroxylation is 1. The van der Waals surface area contributed by atoms with E-state index in [1.54, 1.807) is 22.5 Å². The van der Waals surface area contributed by atoms with Crippen LogP contribution in [-0.4, -0.2) is 37.0 Å². The molecule has 4 nitrogen and oxygen atoms in total. The molecule has 1 saturated heterocycles. The molecule has 150 valence electrons. The summed E-state index contributed by atoms with van der Waals surface area (Å²) in [5, 5.41) is 10.9. The minimum absolute atomic E-state index is 0.334. The van der Waals surface area contributed by atoms with Crippen molar-refractivity contribution in [3.05, 3.63) is 78.4 Å². The maximum Gasteiger partial charge on any atom is 0.243 e. The molecule has 1 aliphatic heterocycles. The highest BCUT2D eigenvalue weighted by atomic mass is 32.2. The molecule has 1 unspecified atom stereocenters. The van der Waals surface area contributed by atoms with Crippen molar-refractivity contribution in [1.29, 1.82) is 0 Å². The molecule has 2 aromatic rings. The summed E-state index contributed by atoms with van der Waals surface area (Å²) in [6, 6.07) is 17.1. The van der Waals surface area contributed by atoms with Gasteiger partial charge < -0.3 is 5.11 Å². The molecule has 0 spiro atoms. The van der Waals surface area contributed by atoms with Crippen LogP contribution < -0.4 is 0 Å². The van der Waals surface area contributed by atoms with Crippen LogP contribution in [0, 0.1) is 12.3 Å². The highest BCUT2D eigenvalue weighted by Gasteiger charge is 2.42. The lowest BCUT2D eigenvalue weighted by atomic mass is 9.69. The van der Waals surface area contributed by atoms with E-state index in [-0.39, 0.29) is 5.41 Å². The van der Waals surface area contributed by atoms with Gasteiger partial charge in [0.05, 0.1) is 11.0 Å². The topological polar surface area (TPSA) is 57.6 Å². The number of aliphatic hydroxyl groups is 1. The second-order valence-corrected chi connectivity index (χ2v) is 9.72. The Morgan fingerprint density at radius 1 is 1.11 bits per heavy atom. The molecule has 0 aliphatic carbocycles. The Balaban J connectivity index is 1.80. The number of nitrogens with zero attached hydrogens (tertiary/aromatic N) is 1. The van der Waals surface area contributed by atoms with Crippen LogP contribution in [0.3, 0.4) is 0 Å². The number of benzene rings is 2. The average molecular weight is 400 g/mol. The summed E-state index contributed by atoms with van der Waals surface area (Å²) in [7, 11) is -3.51. The summed E-state index contributed by atoms with van der Waals surface area (Å²) in [6.45, 7) is 6.54. The van der Waals surface area contributed by atoms with Crippen LogP contribution in [0.25, 0.3) is 0 Å². The van der Waals surface area contributed by atoms with E-state index in [1.807, 2.05) is 37.3 Å². The van der Waals surface area contributed by atoms with Gasteiger partial charge in [-0.1, -0.05) is 54.1 Å². The molecule has 1 heterocycles. The van der Waals surface area contributed by atoms with Crippen molar-refractivity contribution in [3.8, 4) is 0 Å². The summed E-state index contributed by atoms with van der Waals surface area (Å²) in [5.41, 5.74) is 1.86. The Kier molecular flexibility index (Phi) is 6.38. The van der Waals surface area contributed by atoms with Crippen LogP contribution in [0.4, 0.5) is 0 Å². The molecule has 1 atom stereocenters. The van der Waals surface area contributed by atoms with Crippen molar-refractivity contribution in [1.82, 2.24) is 4.31 Å². The average Bonchev–Trinajstić information content (AvgIpc) is 2.69. The Hall–Kier alpha value is -1.95. The van der Waals surface area contributed by atoms with E-state index in [4.69, 9.17) is 0 Å². The molecule has 0 bridgehead atoms. The van der Waals surface area contributed by atoms with Crippen LogP contribution in [0.5, 0.6) is 0 Å². The number of sulfonamides is 1. The van der Waals surface area contributed by atoms with Crippen molar-refractivity contribution < 1.29 is 13.5 Å². The van der Waals surface area contributed by atoms with Gasteiger partial charge in [0.1, 0.15) is 0 Å². The van der Waals surface area contributed by atoms with Crippen LogP contribution in [-0.2, 0) is 16.4 Å². The third-order valence-corrected chi connectivity index (χ3v) is 7.79. The van der Waals surface area contributed by atoms with Gasteiger partial charge in [-0.25, -0.2) is 8.42 Å². The molecule has 0 radical (unpaired) electrons. The van der Waals surface area contributed by atoms with Crippen LogP contribution in [0.2, 0.25) is 0 Å². The van der Waals surface area contributed by atoms with Gasteiger partial charge in [0.25, 0.3) is 0 Å². The third-order valence-electron chi connectivity index (χ3n) is 5.87. The van der Waals surface area contributed by atoms with Crippen LogP contribution >= 0.6 is 0 Å². The maximum absolute atomic E-state index is 13.0. The zero-order chi connectivity index (χ0) is 20.2. The van der Waals surface area contributed by atoms with Gasteiger partial charge in [-0.15, -0.1) is 6.58 Å². The highest BCUT2D eigenvalue weighted by molar-refractivity contribution is 7.89. The van der Waals surface area contributed by atoms with E-state index >= 15 is 0 Å². The molecule has 1 N–H and O–H groups in total. The van der Waals surface area contributed by atoms with E-state index in [1.165, 1.54) is 5.56 Å². The minimum atomic E-state index is -3.51. The summed E-state index contributed by atoms with van der Waals surface area (Å²) < 4.78 is 27.6. The second kappa shape index (κ2) is 8.60. The third kappa shape index (κ3) is 4.37. The first-order valence-corrected chi connectivity index (χ1v) is 11.2. The highest BCUT2D eigenvalue weighted by Crippen LogP contribution is 2.41. The summed E-state index contributed by atoms with van der Waals surface area (Å²) in [6.07, 6.45) is 3.71. The first-order chi connectivity index (χ1) is 13.4. The predicted molar refractivity (Wildman–Crippen MR) is 113 cm³/mol. The van der Waals surface area contributed by atoms with Crippen molar-refractivity contribution >= 4 is 10.0 Å². The molecule has 3 rings (SSSR count). The fourth-order valence-electron chi connectivity index (χ4n) is 4.07. The second-order valence-electron chi connectivity index (χ2n) is 7.78. The van der Waals surface area contributed by atoms with Gasteiger partial charge in [-0.2, -0.15) is 4.31 Å². The molecule has 0 amide bonds. The minimum Gasteiger partial charge on any atom is -0.392 e. The van der Waals surface area contributed by atoms with E-state index in [0.717, 1.165) is 12.0 Å². The molecular formula is C23H29NO3S. The Bertz CT molecular complexity index is 883. The van der Waals surface area contributed by atoms with E-state index in [9.17, 15) is 13.5 Å². The predicted octanol–water partition coefficient (Wildman–Crippen LogP) is 3.95. The van der Waals surface area contributed by atoms with Crippen molar-refractivity contribution in [2.75, 3.05) is 13.1 Å². The quantitative estimate of drug-likeness (QED) is 0.718. The first-order valence-electron chi connectivity index (χ1n) is 9.77. The van der Waals surface area contributed by atoms with Gasteiger partial charge in [0, 0.05) is 18.5 Å². The van der Waals surface area contributed by atoms with Crippen LogP contribution in [0.15, 0.2) is 72.1 Å². The number of rotatable bonds is 7. The Morgan fingerprint density at radius 2 is 1.71 bits per heavy atom. The molecule has 2 aromatic carbocycles. The summed E-state index contributed by atoms with van der Waals surface area (Å²) in [5.74, 6) is 0. The largest absolute Gasteiger partial charge is 0.392 e. The zero-order valence-corrected chi connectivity index (χ0v) is 17.2. The molecular weight excluding hydrogens is 370 g/mol. The Labute approximate surface area is 168 Å². The molecule has 28 heavy (non-hydrogen) atoms. The number of aliphatic hydroxyl groups excluding tert-OH is 1. The lowest BCUT2D eigenvalue weighted by Crippen LogP contribution is -2.49. The zero-order valence-electron chi connectivity index (χ0n) is 16.4. The molecule has 0 aromatic heterocycles. The van der Waals surface area contributed by atoms with Gasteiger partial charge in [-0.05, 0) is 50.3 Å². The van der Waals surface area contributed by atoms with E-state index in [2.05, 4.69) is 18.7 Å². The lowest BCUT2D eigenvalue weighted by Gasteiger charge is -2.44. The van der Waals surface area contributed by atoms with Crippen molar-refractivity contribution in [3.63, 3.8) is 0 Å². The van der Waals surface area contributed by atoms with Gasteiger partial charge in [0.2, 0.25) is 10.0 Å². The number of hydrogen-bond acceptors (Lipinski definition) is 3. The maximum atomic E-state index is 13.0. The smallest absolute Gasteiger partial charge is 0.243 e. The molecule has 1 fully saturated rings. The first kappa shape index (κ1) is 20.8. The fraction of sp³-hybridized carbons (Fsp3) is 0.391. The normalized spacial score (nSPS) is 18.5. The number of hydrogen-bond donors (Lipinski definition) is 1. The molecule has 1 aliphatic rings. The monoisotopic (exact) mass is 399 g/mol. The molecule has 5 heteroatoms. The number of piperidine rings is 1. The summed E-state index contributed by atoms with van der Waals surface area (Å²) >= 11 is 0. The standard InChI is InChI=1S/C23H29NO3S/c1-3-7-22(25)23(18-20-8-5-4-6-9-20)14-16-24(17-15-23)28(26,27)21-12-10-19(2)11-13-21/h3-6,8-13,22,25H,1,7,14-18H2,2H3. The Morgan fingerprint density at radius 3 is 2.29 bits per heavy atom. The SMILES string of the molecule is C=CCC(O)C1(Cc2ccccc2)CCN(S(=O)(=O)c2ccc(C)cc2)CC1. The summed E-state index contributed by atoms with van der Waals surface area (Å²) in [4.78, 5) is 0.334.